The van der Waals surface area contributed by atoms with Crippen LogP contribution in [0.1, 0.15) is 27.2 Å². The summed E-state index contributed by atoms with van der Waals surface area (Å²) in [6.45, 7) is 6.65. The van der Waals surface area contributed by atoms with Gasteiger partial charge in [0.25, 0.3) is 0 Å². The molecule has 0 bridgehead atoms. The summed E-state index contributed by atoms with van der Waals surface area (Å²) in [5, 5.41) is 0. The molecule has 0 spiro atoms. The Morgan fingerprint density at radius 1 is 0.938 bits per heavy atom. The van der Waals surface area contributed by atoms with E-state index in [1.807, 2.05) is 6.92 Å². The van der Waals surface area contributed by atoms with Crippen molar-refractivity contribution in [1.82, 2.24) is 0 Å². The van der Waals surface area contributed by atoms with Crippen molar-refractivity contribution in [3.63, 3.8) is 0 Å². The molecule has 5 nitrogen and oxygen atoms in total. The molecule has 0 aromatic rings. The van der Waals surface area contributed by atoms with Crippen LogP contribution >= 0.6 is 0 Å². The number of rotatable bonds is 8. The van der Waals surface area contributed by atoms with Crippen LogP contribution in [0.5, 0.6) is 0 Å². The van der Waals surface area contributed by atoms with E-state index in [2.05, 4.69) is 0 Å². The van der Waals surface area contributed by atoms with Gasteiger partial charge in [-0.15, -0.1) is 0 Å². The highest BCUT2D eigenvalue weighted by Gasteiger charge is 2.28. The minimum Gasteiger partial charge on any atom is -0.465 e. The number of carbonyl (C=O) groups excluding carboxylic acids is 2. The summed E-state index contributed by atoms with van der Waals surface area (Å²) in [4.78, 5) is 23.0. The van der Waals surface area contributed by atoms with E-state index >= 15 is 0 Å². The summed E-state index contributed by atoms with van der Waals surface area (Å²) in [5.41, 5.74) is 0. The van der Waals surface area contributed by atoms with E-state index in [1.165, 1.54) is 0 Å². The number of hydrogen-bond donors (Lipinski definition) is 0. The van der Waals surface area contributed by atoms with Crippen LogP contribution in [0.3, 0.4) is 0 Å². The average molecular weight is 232 g/mol. The molecule has 0 heterocycles. The zero-order chi connectivity index (χ0) is 12.4. The zero-order valence-corrected chi connectivity index (χ0v) is 10.2. The first-order valence-corrected chi connectivity index (χ1v) is 5.58. The maximum Gasteiger partial charge on any atom is 0.320 e. The lowest BCUT2D eigenvalue weighted by atomic mass is 10.1. The third-order valence-corrected chi connectivity index (χ3v) is 1.90. The second kappa shape index (κ2) is 9.15. The van der Waals surface area contributed by atoms with Gasteiger partial charge >= 0.3 is 11.9 Å². The number of carbonyl (C=O) groups is 2. The Balaban J connectivity index is 4.25. The highest BCUT2D eigenvalue weighted by Crippen LogP contribution is 2.09. The van der Waals surface area contributed by atoms with E-state index in [9.17, 15) is 9.59 Å². The normalized spacial score (nSPS) is 10.2. The fourth-order valence-electron chi connectivity index (χ4n) is 1.16. The van der Waals surface area contributed by atoms with Crippen molar-refractivity contribution >= 4 is 11.9 Å². The maximum atomic E-state index is 11.5. The molecule has 0 N–H and O–H groups in total. The quantitative estimate of drug-likeness (QED) is 0.357. The standard InChI is InChI=1S/C11H20O5/c1-4-14-8-7-9(10(12)15-5-2)11(13)16-6-3/h9H,4-8H2,1-3H3. The van der Waals surface area contributed by atoms with Crippen LogP contribution in [0.15, 0.2) is 0 Å². The predicted octanol–water partition coefficient (Wildman–Crippen LogP) is 1.16. The predicted molar refractivity (Wildman–Crippen MR) is 57.9 cm³/mol. The summed E-state index contributed by atoms with van der Waals surface area (Å²) in [6, 6.07) is 0. The molecule has 94 valence electrons. The average Bonchev–Trinajstić information content (AvgIpc) is 2.25. The summed E-state index contributed by atoms with van der Waals surface area (Å²) in [7, 11) is 0. The van der Waals surface area contributed by atoms with Gasteiger partial charge in [-0.05, 0) is 27.2 Å². The van der Waals surface area contributed by atoms with E-state index in [-0.39, 0.29) is 13.2 Å². The first-order valence-electron chi connectivity index (χ1n) is 5.58. The van der Waals surface area contributed by atoms with Gasteiger partial charge in [0.2, 0.25) is 0 Å². The Morgan fingerprint density at radius 3 is 1.81 bits per heavy atom. The molecular formula is C11H20O5. The van der Waals surface area contributed by atoms with Gasteiger partial charge < -0.3 is 14.2 Å². The van der Waals surface area contributed by atoms with Gasteiger partial charge in [0.1, 0.15) is 0 Å². The van der Waals surface area contributed by atoms with Crippen molar-refractivity contribution in [3.05, 3.63) is 0 Å². The Labute approximate surface area is 96.1 Å². The van der Waals surface area contributed by atoms with Crippen molar-refractivity contribution in [2.45, 2.75) is 27.2 Å². The topological polar surface area (TPSA) is 61.8 Å². The maximum absolute atomic E-state index is 11.5. The van der Waals surface area contributed by atoms with Crippen LogP contribution in [-0.4, -0.2) is 38.4 Å². The third-order valence-electron chi connectivity index (χ3n) is 1.90. The van der Waals surface area contributed by atoms with Gasteiger partial charge in [-0.1, -0.05) is 0 Å². The van der Waals surface area contributed by atoms with Crippen LogP contribution in [0.2, 0.25) is 0 Å². The fourth-order valence-corrected chi connectivity index (χ4v) is 1.16. The van der Waals surface area contributed by atoms with Crippen molar-refractivity contribution in [1.29, 1.82) is 0 Å². The van der Waals surface area contributed by atoms with E-state index in [0.717, 1.165) is 0 Å². The lowest BCUT2D eigenvalue weighted by Crippen LogP contribution is -2.29. The van der Waals surface area contributed by atoms with Crippen LogP contribution in [0.4, 0.5) is 0 Å². The molecule has 0 amide bonds. The smallest absolute Gasteiger partial charge is 0.320 e. The summed E-state index contributed by atoms with van der Waals surface area (Å²) in [6.07, 6.45) is 0.297. The number of esters is 2. The van der Waals surface area contributed by atoms with E-state index in [4.69, 9.17) is 14.2 Å². The van der Waals surface area contributed by atoms with Gasteiger partial charge in [0.15, 0.2) is 5.92 Å². The lowest BCUT2D eigenvalue weighted by Gasteiger charge is -2.13. The third kappa shape index (κ3) is 5.70. The Morgan fingerprint density at radius 2 is 1.44 bits per heavy atom. The van der Waals surface area contributed by atoms with Gasteiger partial charge in [0.05, 0.1) is 13.2 Å². The molecule has 0 atom stereocenters. The lowest BCUT2D eigenvalue weighted by molar-refractivity contribution is -0.162. The molecule has 5 heteroatoms. The molecule has 0 saturated heterocycles. The van der Waals surface area contributed by atoms with Gasteiger partial charge in [-0.2, -0.15) is 0 Å². The largest absolute Gasteiger partial charge is 0.465 e. The summed E-state index contributed by atoms with van der Waals surface area (Å²) in [5.74, 6) is -1.95. The Kier molecular flexibility index (Phi) is 8.52. The first-order chi connectivity index (χ1) is 7.67. The van der Waals surface area contributed by atoms with Crippen LogP contribution in [0.25, 0.3) is 0 Å². The molecule has 0 fully saturated rings. The van der Waals surface area contributed by atoms with Gasteiger partial charge in [-0.25, -0.2) is 0 Å². The van der Waals surface area contributed by atoms with Crippen molar-refractivity contribution in [3.8, 4) is 0 Å². The van der Waals surface area contributed by atoms with E-state index < -0.39 is 17.9 Å². The Hall–Kier alpha value is -1.10. The molecule has 0 radical (unpaired) electrons. The fraction of sp³-hybridized carbons (Fsp3) is 0.818. The van der Waals surface area contributed by atoms with Crippen molar-refractivity contribution in [2.24, 2.45) is 5.92 Å². The van der Waals surface area contributed by atoms with Gasteiger partial charge in [-0.3, -0.25) is 9.59 Å². The summed E-state index contributed by atoms with van der Waals surface area (Å²) >= 11 is 0. The molecular weight excluding hydrogens is 212 g/mol. The molecule has 16 heavy (non-hydrogen) atoms. The Bertz CT molecular complexity index is 196. The molecule has 0 aliphatic carbocycles. The van der Waals surface area contributed by atoms with Crippen LogP contribution in [0, 0.1) is 5.92 Å². The second-order valence-electron chi connectivity index (χ2n) is 3.04. The second-order valence-corrected chi connectivity index (χ2v) is 3.04. The molecule has 0 aliphatic rings. The molecule has 0 saturated carbocycles. The number of ether oxygens (including phenoxy) is 3. The highest BCUT2D eigenvalue weighted by atomic mass is 16.6. The van der Waals surface area contributed by atoms with Crippen molar-refractivity contribution < 1.29 is 23.8 Å². The van der Waals surface area contributed by atoms with Gasteiger partial charge in [0, 0.05) is 13.2 Å². The van der Waals surface area contributed by atoms with Crippen molar-refractivity contribution in [2.75, 3.05) is 26.4 Å². The molecule has 0 aromatic carbocycles. The van der Waals surface area contributed by atoms with E-state index in [1.54, 1.807) is 13.8 Å². The SMILES string of the molecule is CCOCCC(C(=O)OCC)C(=O)OCC. The minimum atomic E-state index is -0.869. The monoisotopic (exact) mass is 232 g/mol. The zero-order valence-electron chi connectivity index (χ0n) is 10.2. The first kappa shape index (κ1) is 14.9. The highest BCUT2D eigenvalue weighted by molar-refractivity contribution is 5.94. The minimum absolute atomic E-state index is 0.253. The molecule has 0 rings (SSSR count). The van der Waals surface area contributed by atoms with Crippen LogP contribution < -0.4 is 0 Å². The van der Waals surface area contributed by atoms with Crippen LogP contribution in [-0.2, 0) is 23.8 Å². The molecule has 0 aromatic heterocycles. The molecule has 0 unspecified atom stereocenters. The summed E-state index contributed by atoms with van der Waals surface area (Å²) < 4.78 is 14.7. The molecule has 0 aliphatic heterocycles. The number of hydrogen-bond acceptors (Lipinski definition) is 5. The van der Waals surface area contributed by atoms with E-state index in [0.29, 0.717) is 19.6 Å².